The summed E-state index contributed by atoms with van der Waals surface area (Å²) >= 11 is 7.23. The number of carbonyl (C=O) groups is 1. The third kappa shape index (κ3) is 2.26. The highest BCUT2D eigenvalue weighted by Crippen LogP contribution is 2.22. The molecule has 0 aliphatic carbocycles. The zero-order valence-electron chi connectivity index (χ0n) is 10.8. The molecule has 9 heteroatoms. The van der Waals surface area contributed by atoms with Crippen molar-refractivity contribution in [1.29, 1.82) is 0 Å². The number of pyridine rings is 2. The lowest BCUT2D eigenvalue weighted by Crippen LogP contribution is -2.30. The summed E-state index contributed by atoms with van der Waals surface area (Å²) in [6, 6.07) is 1.54. The molecular formula is C12H9ClN4O3S. The zero-order valence-corrected chi connectivity index (χ0v) is 12.4. The van der Waals surface area contributed by atoms with Crippen molar-refractivity contribution >= 4 is 46.1 Å². The normalized spacial score (nSPS) is 14.1. The largest absolute Gasteiger partial charge is 0.477 e. The molecule has 0 radical (unpaired) electrons. The van der Waals surface area contributed by atoms with Gasteiger partial charge in [-0.2, -0.15) is 0 Å². The predicted molar refractivity (Wildman–Crippen MR) is 81.9 cm³/mol. The summed E-state index contributed by atoms with van der Waals surface area (Å²) in [4.78, 5) is 31.8. The number of carboxylic acids is 1. The number of hydrogen-bond donors (Lipinski definition) is 1. The fourth-order valence-corrected chi connectivity index (χ4v) is 2.95. The van der Waals surface area contributed by atoms with Gasteiger partial charge in [0.25, 0.3) is 0 Å². The lowest BCUT2D eigenvalue weighted by atomic mass is 10.1. The fourth-order valence-electron chi connectivity index (χ4n) is 2.11. The Kier molecular flexibility index (Phi) is 3.34. The van der Waals surface area contributed by atoms with Gasteiger partial charge in [0.1, 0.15) is 17.4 Å². The Labute approximate surface area is 128 Å². The van der Waals surface area contributed by atoms with Gasteiger partial charge in [0.05, 0.1) is 10.9 Å². The fraction of sp³-hybridized carbons (Fsp3) is 0.167. The number of fused-ring (bicyclic) bond motifs is 1. The van der Waals surface area contributed by atoms with Crippen LogP contribution in [-0.4, -0.2) is 33.0 Å². The molecule has 0 unspecified atom stereocenters. The first-order valence-corrected chi connectivity index (χ1v) is 7.09. The molecular weight excluding hydrogens is 316 g/mol. The van der Waals surface area contributed by atoms with Crippen molar-refractivity contribution in [3.8, 4) is 0 Å². The third-order valence-electron chi connectivity index (χ3n) is 3.02. The number of aliphatic imine (C=N–C) groups is 1. The van der Waals surface area contributed by atoms with Gasteiger partial charge in [-0.1, -0.05) is 11.6 Å². The van der Waals surface area contributed by atoms with E-state index in [-0.39, 0.29) is 16.1 Å². The van der Waals surface area contributed by atoms with E-state index < -0.39 is 11.4 Å². The van der Waals surface area contributed by atoms with E-state index in [2.05, 4.69) is 9.98 Å². The number of rotatable bonds is 2. The summed E-state index contributed by atoms with van der Waals surface area (Å²) in [5.41, 5.74) is 1.63. The second kappa shape index (κ2) is 5.05. The van der Waals surface area contributed by atoms with E-state index in [9.17, 15) is 14.7 Å². The highest BCUT2D eigenvalue weighted by molar-refractivity contribution is 8.13. The second-order valence-corrected chi connectivity index (χ2v) is 5.60. The van der Waals surface area contributed by atoms with Crippen LogP contribution in [0.4, 0.5) is 0 Å². The monoisotopic (exact) mass is 324 g/mol. The van der Waals surface area contributed by atoms with Crippen molar-refractivity contribution in [2.45, 2.75) is 6.92 Å². The van der Waals surface area contributed by atoms with Crippen LogP contribution in [0.25, 0.3) is 11.0 Å². The van der Waals surface area contributed by atoms with Crippen molar-refractivity contribution in [3.63, 3.8) is 0 Å². The number of nitrogens with zero attached hydrogens (tertiary/aromatic N) is 4. The molecule has 3 rings (SSSR count). The van der Waals surface area contributed by atoms with Crippen molar-refractivity contribution in [2.24, 2.45) is 4.99 Å². The first-order chi connectivity index (χ1) is 9.99. The van der Waals surface area contributed by atoms with Gasteiger partial charge in [-0.15, -0.1) is 0 Å². The number of halogens is 1. The van der Waals surface area contributed by atoms with Crippen LogP contribution in [0.15, 0.2) is 22.1 Å². The van der Waals surface area contributed by atoms with Gasteiger partial charge >= 0.3 is 5.97 Å². The Hall–Kier alpha value is -2.06. The molecule has 21 heavy (non-hydrogen) atoms. The van der Waals surface area contributed by atoms with Crippen LogP contribution in [0.3, 0.4) is 0 Å². The van der Waals surface area contributed by atoms with Gasteiger partial charge in [-0.25, -0.2) is 18.9 Å². The third-order valence-corrected chi connectivity index (χ3v) is 3.99. The Bertz CT molecular complexity index is 840. The van der Waals surface area contributed by atoms with Gasteiger partial charge in [0.15, 0.2) is 5.65 Å². The molecule has 1 aliphatic heterocycles. The number of aromatic carboxylic acids is 1. The summed E-state index contributed by atoms with van der Waals surface area (Å²) in [5.74, 6) is -1.28. The van der Waals surface area contributed by atoms with E-state index in [0.29, 0.717) is 17.9 Å². The molecule has 1 aliphatic rings. The first kappa shape index (κ1) is 13.9. The highest BCUT2D eigenvalue weighted by atomic mass is 35.5. The minimum Gasteiger partial charge on any atom is -0.477 e. The number of aryl methyl sites for hydroxylation is 1. The molecule has 0 saturated heterocycles. The smallest absolute Gasteiger partial charge is 0.341 e. The van der Waals surface area contributed by atoms with Crippen LogP contribution in [0.2, 0.25) is 5.15 Å². The second-order valence-electron chi connectivity index (χ2n) is 4.37. The molecule has 108 valence electrons. The molecule has 2 aromatic heterocycles. The minimum atomic E-state index is -1.28. The van der Waals surface area contributed by atoms with Gasteiger partial charge in [0, 0.05) is 18.1 Å². The quantitative estimate of drug-likeness (QED) is 0.667. The lowest BCUT2D eigenvalue weighted by Gasteiger charge is -2.21. The van der Waals surface area contributed by atoms with E-state index in [1.165, 1.54) is 28.9 Å². The van der Waals surface area contributed by atoms with Crippen molar-refractivity contribution in [1.82, 2.24) is 9.66 Å². The molecule has 0 saturated carbocycles. The summed E-state index contributed by atoms with van der Waals surface area (Å²) in [5, 5.41) is 9.70. The van der Waals surface area contributed by atoms with Crippen LogP contribution in [0, 0.1) is 6.92 Å². The maximum atomic E-state index is 12.3. The molecule has 0 aromatic carbocycles. The Morgan fingerprint density at radius 3 is 2.90 bits per heavy atom. The number of aromatic nitrogens is 2. The topological polar surface area (TPSA) is 87.8 Å². The van der Waals surface area contributed by atoms with E-state index >= 15 is 0 Å². The summed E-state index contributed by atoms with van der Waals surface area (Å²) in [7, 11) is 0. The molecule has 1 N–H and O–H groups in total. The van der Waals surface area contributed by atoms with Crippen molar-refractivity contribution in [3.05, 3.63) is 38.8 Å². The molecule has 0 atom stereocenters. The Morgan fingerprint density at radius 1 is 1.52 bits per heavy atom. The summed E-state index contributed by atoms with van der Waals surface area (Å²) in [6.45, 7) is 2.02. The predicted octanol–water partition coefficient (Wildman–Crippen LogP) is 1.64. The molecule has 0 fully saturated rings. The minimum absolute atomic E-state index is 0.237. The Morgan fingerprint density at radius 2 is 2.29 bits per heavy atom. The average molecular weight is 325 g/mol. The zero-order chi connectivity index (χ0) is 15.1. The molecule has 0 bridgehead atoms. The Balaban J connectivity index is 2.42. The number of hydrogen-bond acceptors (Lipinski definition) is 6. The SMILES string of the molecule is Cc1cc(Cl)nc2c1c(=O)c(C(=O)O)cn2N1CN=CS1. The summed E-state index contributed by atoms with van der Waals surface area (Å²) < 4.78 is 3.17. The summed E-state index contributed by atoms with van der Waals surface area (Å²) in [6.07, 6.45) is 1.25. The molecule has 3 heterocycles. The lowest BCUT2D eigenvalue weighted by molar-refractivity contribution is 0.0695. The van der Waals surface area contributed by atoms with Gasteiger partial charge in [-0.05, 0) is 18.6 Å². The molecule has 2 aromatic rings. The van der Waals surface area contributed by atoms with E-state index in [0.717, 1.165) is 0 Å². The van der Waals surface area contributed by atoms with Crippen molar-refractivity contribution < 1.29 is 9.90 Å². The van der Waals surface area contributed by atoms with Gasteiger partial charge < -0.3 is 5.11 Å². The van der Waals surface area contributed by atoms with Crippen LogP contribution < -0.4 is 9.84 Å². The average Bonchev–Trinajstić information content (AvgIpc) is 2.91. The van der Waals surface area contributed by atoms with E-state index in [1.54, 1.807) is 16.9 Å². The maximum Gasteiger partial charge on any atom is 0.341 e. The van der Waals surface area contributed by atoms with E-state index in [4.69, 9.17) is 11.6 Å². The number of carboxylic acid groups (broad SMARTS) is 1. The van der Waals surface area contributed by atoms with Gasteiger partial charge in [-0.3, -0.25) is 9.79 Å². The standard InChI is InChI=1S/C12H9ClN4O3S/c1-6-2-8(13)15-11-9(6)10(18)7(12(19)20)3-16(11)17-4-14-5-21-17/h2-3,5H,4H2,1H3,(H,19,20). The van der Waals surface area contributed by atoms with Crippen LogP contribution in [0.1, 0.15) is 15.9 Å². The van der Waals surface area contributed by atoms with Gasteiger partial charge in [0.2, 0.25) is 5.43 Å². The van der Waals surface area contributed by atoms with E-state index in [1.807, 2.05) is 0 Å². The van der Waals surface area contributed by atoms with Crippen LogP contribution in [-0.2, 0) is 0 Å². The molecule has 0 amide bonds. The first-order valence-electron chi connectivity index (χ1n) is 5.87. The van der Waals surface area contributed by atoms with Crippen LogP contribution in [0.5, 0.6) is 0 Å². The molecule has 7 nitrogen and oxygen atoms in total. The maximum absolute atomic E-state index is 12.3. The molecule has 0 spiro atoms. The van der Waals surface area contributed by atoms with Crippen LogP contribution >= 0.6 is 23.5 Å². The van der Waals surface area contributed by atoms with Crippen molar-refractivity contribution in [2.75, 3.05) is 11.1 Å². The highest BCUT2D eigenvalue weighted by Gasteiger charge is 2.21.